The van der Waals surface area contributed by atoms with E-state index >= 15 is 0 Å². The van der Waals surface area contributed by atoms with Crippen LogP contribution in [0.4, 0.5) is 5.69 Å². The first-order valence-corrected chi connectivity index (χ1v) is 7.51. The molecular weight excluding hydrogens is 236 g/mol. The first kappa shape index (κ1) is 12.9. The van der Waals surface area contributed by atoms with E-state index < -0.39 is 0 Å². The number of benzene rings is 1. The molecule has 2 aliphatic rings. The van der Waals surface area contributed by atoms with Gasteiger partial charge in [-0.3, -0.25) is 0 Å². The van der Waals surface area contributed by atoms with Crippen molar-refractivity contribution in [2.24, 2.45) is 0 Å². The van der Waals surface area contributed by atoms with Gasteiger partial charge in [0.2, 0.25) is 0 Å². The maximum atomic E-state index is 5.74. The van der Waals surface area contributed by atoms with E-state index in [9.17, 15) is 0 Å². The topological polar surface area (TPSA) is 24.5 Å². The number of nitrogens with zero attached hydrogens (tertiary/aromatic N) is 1. The van der Waals surface area contributed by atoms with Crippen LogP contribution in [-0.2, 0) is 4.74 Å². The minimum Gasteiger partial charge on any atom is -0.378 e. The summed E-state index contributed by atoms with van der Waals surface area (Å²) < 4.78 is 5.74. The first-order valence-electron chi connectivity index (χ1n) is 7.51. The fourth-order valence-corrected chi connectivity index (χ4v) is 3.33. The second-order valence-corrected chi connectivity index (χ2v) is 5.60. The zero-order chi connectivity index (χ0) is 13.1. The number of nitrogens with one attached hydrogen (secondary N) is 1. The number of hydrogen-bond donors (Lipinski definition) is 1. The van der Waals surface area contributed by atoms with Crippen LogP contribution < -0.4 is 10.2 Å². The van der Waals surface area contributed by atoms with Crippen LogP contribution in [0.2, 0.25) is 0 Å². The minimum atomic E-state index is 0.495. The second kappa shape index (κ2) is 5.93. The molecule has 2 heterocycles. The largest absolute Gasteiger partial charge is 0.378 e. The van der Waals surface area contributed by atoms with Crippen molar-refractivity contribution in [3.05, 3.63) is 29.8 Å². The quantitative estimate of drug-likeness (QED) is 0.901. The molecule has 2 atom stereocenters. The van der Waals surface area contributed by atoms with E-state index in [1.165, 1.54) is 36.9 Å². The van der Waals surface area contributed by atoms with Gasteiger partial charge >= 0.3 is 0 Å². The van der Waals surface area contributed by atoms with Crippen LogP contribution in [0.25, 0.3) is 0 Å². The fraction of sp³-hybridized carbons (Fsp3) is 0.625. The van der Waals surface area contributed by atoms with Gasteiger partial charge in [-0.15, -0.1) is 0 Å². The molecule has 1 aromatic rings. The second-order valence-electron chi connectivity index (χ2n) is 5.60. The molecule has 0 spiro atoms. The highest BCUT2D eigenvalue weighted by molar-refractivity contribution is 5.56. The number of hydrogen-bond acceptors (Lipinski definition) is 3. The van der Waals surface area contributed by atoms with Gasteiger partial charge in [0.15, 0.2) is 0 Å². The number of anilines is 1. The Hall–Kier alpha value is -1.06. The fourth-order valence-electron chi connectivity index (χ4n) is 3.33. The van der Waals surface area contributed by atoms with Crippen LogP contribution in [0.1, 0.15) is 37.3 Å². The monoisotopic (exact) mass is 260 g/mol. The average molecular weight is 260 g/mol. The van der Waals surface area contributed by atoms with E-state index in [1.54, 1.807) is 0 Å². The van der Waals surface area contributed by atoms with Crippen molar-refractivity contribution in [1.29, 1.82) is 0 Å². The summed E-state index contributed by atoms with van der Waals surface area (Å²) >= 11 is 0. The molecule has 0 aliphatic carbocycles. The molecule has 2 unspecified atom stereocenters. The van der Waals surface area contributed by atoms with E-state index in [-0.39, 0.29) is 0 Å². The van der Waals surface area contributed by atoms with Gasteiger partial charge in [-0.05, 0) is 44.4 Å². The molecule has 0 saturated carbocycles. The Morgan fingerprint density at radius 2 is 2.21 bits per heavy atom. The van der Waals surface area contributed by atoms with Gasteiger partial charge in [-0.25, -0.2) is 0 Å². The molecule has 0 amide bonds. The number of rotatable bonds is 4. The summed E-state index contributed by atoms with van der Waals surface area (Å²) in [5.41, 5.74) is 2.86. The van der Waals surface area contributed by atoms with Gasteiger partial charge in [0.1, 0.15) is 0 Å². The van der Waals surface area contributed by atoms with Gasteiger partial charge in [-0.1, -0.05) is 18.2 Å². The zero-order valence-electron chi connectivity index (χ0n) is 11.8. The molecular formula is C16H24N2O. The Balaban J connectivity index is 1.69. The lowest BCUT2D eigenvalue weighted by atomic mass is 9.96. The lowest BCUT2D eigenvalue weighted by Gasteiger charge is -2.36. The predicted octanol–water partition coefficient (Wildman–Crippen LogP) is 2.73. The predicted molar refractivity (Wildman–Crippen MR) is 78.7 cm³/mol. The molecule has 0 bridgehead atoms. The maximum Gasteiger partial charge on any atom is 0.0592 e. The molecule has 19 heavy (non-hydrogen) atoms. The van der Waals surface area contributed by atoms with E-state index in [1.807, 2.05) is 0 Å². The highest BCUT2D eigenvalue weighted by atomic mass is 16.5. The molecule has 104 valence electrons. The Bertz CT molecular complexity index is 415. The SMILES string of the molecule is CNC1CCN(CCC2CCCO2)c2ccccc21. The molecule has 0 aromatic heterocycles. The van der Waals surface area contributed by atoms with E-state index in [4.69, 9.17) is 4.74 Å². The minimum absolute atomic E-state index is 0.495. The molecule has 1 aromatic carbocycles. The van der Waals surface area contributed by atoms with Crippen LogP contribution in [0.5, 0.6) is 0 Å². The van der Waals surface area contributed by atoms with Crippen LogP contribution in [-0.4, -0.2) is 32.8 Å². The van der Waals surface area contributed by atoms with Gasteiger partial charge in [0.05, 0.1) is 6.10 Å². The molecule has 1 saturated heterocycles. The third-order valence-electron chi connectivity index (χ3n) is 4.43. The summed E-state index contributed by atoms with van der Waals surface area (Å²) in [4.78, 5) is 2.53. The highest BCUT2D eigenvalue weighted by Crippen LogP contribution is 2.33. The Morgan fingerprint density at radius 3 is 3.00 bits per heavy atom. The zero-order valence-corrected chi connectivity index (χ0v) is 11.8. The van der Waals surface area contributed by atoms with E-state index in [2.05, 4.69) is 41.5 Å². The van der Waals surface area contributed by atoms with Gasteiger partial charge in [0.25, 0.3) is 0 Å². The van der Waals surface area contributed by atoms with Crippen LogP contribution in [0.15, 0.2) is 24.3 Å². The average Bonchev–Trinajstić information content (AvgIpc) is 2.98. The van der Waals surface area contributed by atoms with E-state index in [0.29, 0.717) is 12.1 Å². The van der Waals surface area contributed by atoms with Crippen molar-refractivity contribution >= 4 is 5.69 Å². The lowest BCUT2D eigenvalue weighted by molar-refractivity contribution is 0.105. The summed E-state index contributed by atoms with van der Waals surface area (Å²) in [5.74, 6) is 0. The number of para-hydroxylation sites is 1. The van der Waals surface area contributed by atoms with Gasteiger partial charge < -0.3 is 15.0 Å². The van der Waals surface area contributed by atoms with Crippen molar-refractivity contribution in [3.63, 3.8) is 0 Å². The van der Waals surface area contributed by atoms with Crippen molar-refractivity contribution in [2.75, 3.05) is 31.6 Å². The molecule has 1 fully saturated rings. The smallest absolute Gasteiger partial charge is 0.0592 e. The number of fused-ring (bicyclic) bond motifs is 1. The summed E-state index contributed by atoms with van der Waals surface area (Å²) in [6.07, 6.45) is 5.34. The standard InChI is InChI=1S/C16H24N2O/c1-17-15-9-11-18(10-8-13-5-4-12-19-13)16-7-3-2-6-14(15)16/h2-3,6-7,13,15,17H,4-5,8-12H2,1H3. The Labute approximate surface area is 115 Å². The summed E-state index contributed by atoms with van der Waals surface area (Å²) in [5, 5.41) is 3.43. The normalized spacial score (nSPS) is 26.5. The summed E-state index contributed by atoms with van der Waals surface area (Å²) in [6, 6.07) is 9.32. The van der Waals surface area contributed by atoms with Gasteiger partial charge in [-0.2, -0.15) is 0 Å². The lowest BCUT2D eigenvalue weighted by Crippen LogP contribution is -2.36. The molecule has 2 aliphatic heterocycles. The summed E-state index contributed by atoms with van der Waals surface area (Å²) in [7, 11) is 2.06. The number of ether oxygens (including phenoxy) is 1. The van der Waals surface area contributed by atoms with E-state index in [0.717, 1.165) is 19.7 Å². The van der Waals surface area contributed by atoms with Crippen molar-refractivity contribution in [3.8, 4) is 0 Å². The molecule has 3 nitrogen and oxygen atoms in total. The third kappa shape index (κ3) is 2.77. The van der Waals surface area contributed by atoms with Crippen molar-refractivity contribution in [1.82, 2.24) is 5.32 Å². The van der Waals surface area contributed by atoms with Crippen LogP contribution in [0.3, 0.4) is 0 Å². The van der Waals surface area contributed by atoms with Crippen molar-refractivity contribution < 1.29 is 4.74 Å². The highest BCUT2D eigenvalue weighted by Gasteiger charge is 2.24. The maximum absolute atomic E-state index is 5.74. The van der Waals surface area contributed by atoms with Crippen LogP contribution >= 0.6 is 0 Å². The van der Waals surface area contributed by atoms with Gasteiger partial charge in [0, 0.05) is 31.4 Å². The first-order chi connectivity index (χ1) is 9.38. The Kier molecular flexibility index (Phi) is 4.04. The van der Waals surface area contributed by atoms with Crippen LogP contribution in [0, 0.1) is 0 Å². The molecule has 0 radical (unpaired) electrons. The molecule has 1 N–H and O–H groups in total. The Morgan fingerprint density at radius 1 is 1.32 bits per heavy atom. The van der Waals surface area contributed by atoms with Crippen molar-refractivity contribution in [2.45, 2.75) is 37.8 Å². The molecule has 3 heteroatoms. The third-order valence-corrected chi connectivity index (χ3v) is 4.43. The molecule has 3 rings (SSSR count). The summed E-state index contributed by atoms with van der Waals surface area (Å²) in [6.45, 7) is 3.23.